The summed E-state index contributed by atoms with van der Waals surface area (Å²) in [6.07, 6.45) is 0.146. The zero-order chi connectivity index (χ0) is 18.4. The maximum absolute atomic E-state index is 12.2. The Morgan fingerprint density at radius 1 is 1.44 bits per heavy atom. The third-order valence-corrected chi connectivity index (χ3v) is 6.36. The molecule has 2 heterocycles. The third kappa shape index (κ3) is 3.64. The fourth-order valence-electron chi connectivity index (χ4n) is 2.95. The van der Waals surface area contributed by atoms with Gasteiger partial charge in [-0.15, -0.1) is 0 Å². The molecule has 2 aromatic rings. The van der Waals surface area contributed by atoms with E-state index in [9.17, 15) is 23.1 Å². The molecule has 9 heteroatoms. The van der Waals surface area contributed by atoms with Crippen LogP contribution in [0.4, 0.5) is 0 Å². The summed E-state index contributed by atoms with van der Waals surface area (Å²) >= 11 is 5.89. The third-order valence-electron chi connectivity index (χ3n) is 4.29. The van der Waals surface area contributed by atoms with Gasteiger partial charge in [-0.3, -0.25) is 4.79 Å². The van der Waals surface area contributed by atoms with E-state index in [1.54, 1.807) is 6.92 Å². The number of benzene rings is 1. The molecule has 7 nitrogen and oxygen atoms in total. The number of nitrogens with one attached hydrogen (secondary N) is 1. The Balaban J connectivity index is 1.87. The van der Waals surface area contributed by atoms with Crippen LogP contribution in [0.3, 0.4) is 0 Å². The fourth-order valence-corrected chi connectivity index (χ4v) is 4.79. The summed E-state index contributed by atoms with van der Waals surface area (Å²) in [4.78, 5) is 24.4. The zero-order valence-corrected chi connectivity index (χ0v) is 14.9. The maximum Gasteiger partial charge on any atom is 0.340 e. The van der Waals surface area contributed by atoms with Crippen molar-refractivity contribution in [3.63, 3.8) is 0 Å². The van der Waals surface area contributed by atoms with Gasteiger partial charge in [-0.05, 0) is 25.0 Å². The number of phenols is 1. The molecular formula is C16H16ClNO6S. The second-order valence-electron chi connectivity index (χ2n) is 6.14. The van der Waals surface area contributed by atoms with E-state index < -0.39 is 27.4 Å². The summed E-state index contributed by atoms with van der Waals surface area (Å²) in [5.41, 5.74) is 0.200. The van der Waals surface area contributed by atoms with Crippen LogP contribution in [0.2, 0.25) is 5.02 Å². The number of sulfone groups is 1. The van der Waals surface area contributed by atoms with Crippen LogP contribution < -0.4 is 10.9 Å². The molecule has 0 saturated carbocycles. The summed E-state index contributed by atoms with van der Waals surface area (Å²) in [6.45, 7) is 1.66. The number of hydrogen-bond acceptors (Lipinski definition) is 6. The Morgan fingerprint density at radius 3 is 2.80 bits per heavy atom. The van der Waals surface area contributed by atoms with E-state index in [1.165, 1.54) is 12.1 Å². The second kappa shape index (κ2) is 6.34. The van der Waals surface area contributed by atoms with Crippen LogP contribution in [0, 0.1) is 6.92 Å². The van der Waals surface area contributed by atoms with E-state index in [-0.39, 0.29) is 39.8 Å². The van der Waals surface area contributed by atoms with Gasteiger partial charge in [-0.25, -0.2) is 13.2 Å². The maximum atomic E-state index is 12.2. The minimum absolute atomic E-state index is 0.0527. The predicted molar refractivity (Wildman–Crippen MR) is 92.8 cm³/mol. The Morgan fingerprint density at radius 2 is 2.16 bits per heavy atom. The number of amides is 1. The van der Waals surface area contributed by atoms with Gasteiger partial charge in [-0.2, -0.15) is 0 Å². The van der Waals surface area contributed by atoms with Crippen LogP contribution in [0.25, 0.3) is 11.0 Å². The molecule has 1 amide bonds. The fraction of sp³-hybridized carbons (Fsp3) is 0.375. The van der Waals surface area contributed by atoms with E-state index in [2.05, 4.69) is 5.32 Å². The Kier molecular flexibility index (Phi) is 4.51. The van der Waals surface area contributed by atoms with Crippen LogP contribution in [-0.4, -0.2) is 37.0 Å². The van der Waals surface area contributed by atoms with Crippen molar-refractivity contribution in [2.45, 2.75) is 25.8 Å². The number of fused-ring (bicyclic) bond motifs is 1. The highest BCUT2D eigenvalue weighted by Gasteiger charge is 2.29. The number of halogens is 1. The molecule has 1 atom stereocenters. The molecule has 134 valence electrons. The molecule has 1 fully saturated rings. The zero-order valence-electron chi connectivity index (χ0n) is 13.3. The van der Waals surface area contributed by atoms with Crippen LogP contribution >= 0.6 is 11.6 Å². The monoisotopic (exact) mass is 385 g/mol. The Labute approximate surface area is 148 Å². The lowest BCUT2D eigenvalue weighted by molar-refractivity contribution is -0.121. The van der Waals surface area contributed by atoms with Gasteiger partial charge in [0.15, 0.2) is 9.84 Å². The molecule has 3 rings (SSSR count). The van der Waals surface area contributed by atoms with Gasteiger partial charge in [0.1, 0.15) is 11.3 Å². The minimum atomic E-state index is -3.10. The Bertz CT molecular complexity index is 1030. The number of aromatic hydroxyl groups is 1. The molecule has 1 aromatic heterocycles. The molecule has 1 aromatic carbocycles. The first-order valence-electron chi connectivity index (χ1n) is 7.61. The lowest BCUT2D eigenvalue weighted by Crippen LogP contribution is -2.37. The van der Waals surface area contributed by atoms with E-state index in [1.807, 2.05) is 0 Å². The Hall–Kier alpha value is -2.06. The standard InChI is InChI=1S/C16H16ClNO6S/c1-8-10-4-12(17)13(19)6-14(10)24-16(21)11(8)5-15(20)18-9-2-3-25(22,23)7-9/h4,6,9,19H,2-3,5,7H2,1H3,(H,18,20). The van der Waals surface area contributed by atoms with E-state index in [0.717, 1.165) is 0 Å². The van der Waals surface area contributed by atoms with Crippen molar-refractivity contribution in [3.05, 3.63) is 38.7 Å². The number of carbonyl (C=O) groups is 1. The molecule has 0 bridgehead atoms. The van der Waals surface area contributed by atoms with Gasteiger partial charge in [0.2, 0.25) is 5.91 Å². The molecule has 0 aliphatic carbocycles. The highest BCUT2D eigenvalue weighted by Crippen LogP contribution is 2.30. The minimum Gasteiger partial charge on any atom is -0.506 e. The normalized spacial score (nSPS) is 19.2. The van der Waals surface area contributed by atoms with Crippen LogP contribution in [0.1, 0.15) is 17.5 Å². The lowest BCUT2D eigenvalue weighted by Gasteiger charge is -2.12. The van der Waals surface area contributed by atoms with E-state index in [4.69, 9.17) is 16.0 Å². The SMILES string of the molecule is Cc1c(CC(=O)NC2CCS(=O)(=O)C2)c(=O)oc2cc(O)c(Cl)cc12. The number of aryl methyl sites for hydroxylation is 1. The van der Waals surface area contributed by atoms with Gasteiger partial charge < -0.3 is 14.8 Å². The first-order valence-corrected chi connectivity index (χ1v) is 9.81. The van der Waals surface area contributed by atoms with E-state index in [0.29, 0.717) is 17.4 Å². The predicted octanol–water partition coefficient (Wildman–Crippen LogP) is 1.31. The van der Waals surface area contributed by atoms with Crippen molar-refractivity contribution < 1.29 is 22.7 Å². The highest BCUT2D eigenvalue weighted by molar-refractivity contribution is 7.91. The molecule has 25 heavy (non-hydrogen) atoms. The number of hydrogen-bond donors (Lipinski definition) is 2. The molecule has 1 aliphatic heterocycles. The summed E-state index contributed by atoms with van der Waals surface area (Å²) in [5.74, 6) is -0.679. The highest BCUT2D eigenvalue weighted by atomic mass is 35.5. The molecular weight excluding hydrogens is 370 g/mol. The van der Waals surface area contributed by atoms with Crippen molar-refractivity contribution in [1.29, 1.82) is 0 Å². The van der Waals surface area contributed by atoms with Crippen molar-refractivity contribution in [1.82, 2.24) is 5.32 Å². The van der Waals surface area contributed by atoms with Gasteiger partial charge in [0.05, 0.1) is 28.5 Å². The number of carbonyl (C=O) groups excluding carboxylic acids is 1. The molecule has 1 saturated heterocycles. The topological polar surface area (TPSA) is 114 Å². The first kappa shape index (κ1) is 17.8. The van der Waals surface area contributed by atoms with Gasteiger partial charge in [0, 0.05) is 17.5 Å². The average Bonchev–Trinajstić information content (AvgIpc) is 2.85. The quantitative estimate of drug-likeness (QED) is 0.770. The largest absolute Gasteiger partial charge is 0.506 e. The average molecular weight is 386 g/mol. The van der Waals surface area contributed by atoms with Crippen molar-refractivity contribution in [2.24, 2.45) is 0 Å². The molecule has 1 aliphatic rings. The number of rotatable bonds is 3. The van der Waals surface area contributed by atoms with Crippen LogP contribution in [0.5, 0.6) is 5.75 Å². The van der Waals surface area contributed by atoms with Gasteiger partial charge in [-0.1, -0.05) is 11.6 Å². The van der Waals surface area contributed by atoms with Crippen molar-refractivity contribution in [3.8, 4) is 5.75 Å². The van der Waals surface area contributed by atoms with Crippen LogP contribution in [-0.2, 0) is 21.1 Å². The molecule has 0 radical (unpaired) electrons. The van der Waals surface area contributed by atoms with Crippen molar-refractivity contribution in [2.75, 3.05) is 11.5 Å². The first-order chi connectivity index (χ1) is 11.7. The van der Waals surface area contributed by atoms with Crippen molar-refractivity contribution >= 4 is 38.3 Å². The molecule has 1 unspecified atom stereocenters. The summed E-state index contributed by atoms with van der Waals surface area (Å²) < 4.78 is 28.1. The summed E-state index contributed by atoms with van der Waals surface area (Å²) in [6, 6.07) is 2.28. The lowest BCUT2D eigenvalue weighted by atomic mass is 10.0. The number of phenolic OH excluding ortho intramolecular Hbond substituents is 1. The second-order valence-corrected chi connectivity index (χ2v) is 8.77. The summed E-state index contributed by atoms with van der Waals surface area (Å²) in [5, 5.41) is 12.9. The molecule has 2 N–H and O–H groups in total. The van der Waals surface area contributed by atoms with Gasteiger partial charge in [0.25, 0.3) is 0 Å². The molecule has 0 spiro atoms. The van der Waals surface area contributed by atoms with E-state index >= 15 is 0 Å². The van der Waals surface area contributed by atoms with Gasteiger partial charge >= 0.3 is 5.63 Å². The smallest absolute Gasteiger partial charge is 0.340 e. The summed E-state index contributed by atoms with van der Waals surface area (Å²) in [7, 11) is -3.10. The van der Waals surface area contributed by atoms with Crippen LogP contribution in [0.15, 0.2) is 21.3 Å².